The van der Waals surface area contributed by atoms with Crippen molar-refractivity contribution in [3.05, 3.63) is 0 Å². The number of rotatable bonds is 10. The second kappa shape index (κ2) is 43.0. The van der Waals surface area contributed by atoms with Crippen LogP contribution in [0, 0.1) is 5.92 Å². The maximum atomic E-state index is 5.51. The van der Waals surface area contributed by atoms with E-state index in [-0.39, 0.29) is 43.8 Å². The van der Waals surface area contributed by atoms with Crippen molar-refractivity contribution in [2.75, 3.05) is 76.2 Å². The quantitative estimate of drug-likeness (QED) is 0.113. The van der Waals surface area contributed by atoms with E-state index in [9.17, 15) is 0 Å². The average molecular weight is 895 g/mol. The highest BCUT2D eigenvalue weighted by atomic mass is 128. The van der Waals surface area contributed by atoms with Gasteiger partial charge in [-0.1, -0.05) is 28.2 Å². The van der Waals surface area contributed by atoms with Crippen molar-refractivity contribution in [3.63, 3.8) is 0 Å². The molecule has 0 N–H and O–H groups in total. The van der Waals surface area contributed by atoms with Gasteiger partial charge in [-0.25, -0.2) is 0 Å². The summed E-state index contributed by atoms with van der Waals surface area (Å²) < 4.78 is 1.21. The van der Waals surface area contributed by atoms with Gasteiger partial charge in [0.25, 0.3) is 0 Å². The van der Waals surface area contributed by atoms with E-state index in [2.05, 4.69) is 56.1 Å². The highest BCUT2D eigenvalue weighted by molar-refractivity contribution is 15.0. The molecule has 1 saturated heterocycles. The maximum absolute atomic E-state index is 5.51. The Morgan fingerprint density at radius 1 is 0.833 bits per heavy atom. The molecule has 0 saturated carbocycles. The number of hydrogen-bond donors (Lipinski definition) is 0. The van der Waals surface area contributed by atoms with Crippen LogP contribution in [0.1, 0.15) is 41.0 Å². The first kappa shape index (κ1) is 50.7. The summed E-state index contributed by atoms with van der Waals surface area (Å²) in [5.41, 5.74) is 0. The molecule has 0 bridgehead atoms. The molecule has 0 spiro atoms. The van der Waals surface area contributed by atoms with E-state index in [1.54, 1.807) is 0 Å². The summed E-state index contributed by atoms with van der Waals surface area (Å²) in [6.45, 7) is 11.9. The number of alkyl halides is 5. The van der Waals surface area contributed by atoms with E-state index in [0.29, 0.717) is 17.7 Å². The van der Waals surface area contributed by atoms with E-state index in [1.807, 2.05) is 20.9 Å². The molecule has 1 aliphatic heterocycles. The van der Waals surface area contributed by atoms with Crippen LogP contribution in [-0.2, 0) is 0 Å². The monoisotopic (exact) mass is 892 g/mol. The standard InChI is InChI=1S/C6H12Cl2.C5H11Cl2N.C5H11ClN.C2H6.CH4.ClH.I2.HI/c1-6(2-4-7)3-5-8;1-8(4-2-6)5-3-7;1-7(3-2-6)4-5-7;1-2;;;1-2;/h6H,2-5H2,1H3;2-5H2,1H3;2-5H2,1H3;1-2H3;1H4;1H;;1H/q;;+1;;;;;/p-1. The molecule has 0 aromatic heterocycles. The predicted molar refractivity (Wildman–Crippen MR) is 172 cm³/mol. The van der Waals surface area contributed by atoms with Gasteiger partial charge in [-0.05, 0) is 25.8 Å². The van der Waals surface area contributed by atoms with E-state index in [1.165, 1.54) is 17.6 Å². The Morgan fingerprint density at radius 2 is 1.17 bits per heavy atom. The summed E-state index contributed by atoms with van der Waals surface area (Å²) in [7, 11) is 4.24. The van der Waals surface area contributed by atoms with Gasteiger partial charge >= 0.3 is 0 Å². The van der Waals surface area contributed by atoms with Crippen LogP contribution in [-0.4, -0.2) is 85.6 Å². The van der Waals surface area contributed by atoms with Crippen LogP contribution in [0.5, 0.6) is 0 Å². The molecule has 11 heteroatoms. The third-order valence-electron chi connectivity index (χ3n) is 3.75. The molecular formula is C19H45Cl6I3N2. The van der Waals surface area contributed by atoms with Gasteiger partial charge in [-0.2, -0.15) is 0 Å². The van der Waals surface area contributed by atoms with E-state index >= 15 is 0 Å². The van der Waals surface area contributed by atoms with Gasteiger partial charge < -0.3 is 21.8 Å². The van der Waals surface area contributed by atoms with Crippen LogP contribution >= 0.6 is 119 Å². The fourth-order valence-electron chi connectivity index (χ4n) is 1.52. The molecule has 0 atom stereocenters. The lowest BCUT2D eigenvalue weighted by Gasteiger charge is -2.11. The second-order valence-corrected chi connectivity index (χ2v) is 8.11. The minimum Gasteiger partial charge on any atom is -1.00 e. The van der Waals surface area contributed by atoms with Gasteiger partial charge in [0.1, 0.15) is 13.1 Å². The Bertz CT molecular complexity index is 232. The number of hydrogen-bond acceptors (Lipinski definition) is 1. The van der Waals surface area contributed by atoms with Crippen molar-refractivity contribution in [3.8, 4) is 0 Å². The molecule has 0 aromatic rings. The lowest BCUT2D eigenvalue weighted by Crippen LogP contribution is -3.00. The third kappa shape index (κ3) is 49.1. The van der Waals surface area contributed by atoms with Crippen LogP contribution in [0.15, 0.2) is 0 Å². The number of quaternary nitrogens is 1. The smallest absolute Gasteiger partial charge is 0.128 e. The van der Waals surface area contributed by atoms with Crippen LogP contribution in [0.3, 0.4) is 0 Å². The SMILES string of the molecule is C.CC.CC(CCCl)CCCl.CN(CCCl)CCCl.C[N+]1(CCCl)CC1.I.II.[Cl-]. The summed E-state index contributed by atoms with van der Waals surface area (Å²) in [5, 5.41) is 0. The summed E-state index contributed by atoms with van der Waals surface area (Å²) in [6.07, 6.45) is 2.18. The van der Waals surface area contributed by atoms with Crippen molar-refractivity contribution in [2.45, 2.75) is 41.0 Å². The first-order valence-electron chi connectivity index (χ1n) is 9.35. The molecule has 2 nitrogen and oxygen atoms in total. The maximum Gasteiger partial charge on any atom is 0.128 e. The topological polar surface area (TPSA) is 3.24 Å². The minimum absolute atomic E-state index is 0. The fraction of sp³-hybridized carbons (Fsp3) is 1.00. The Morgan fingerprint density at radius 3 is 1.33 bits per heavy atom. The Hall–Kier alpha value is 3.85. The summed E-state index contributed by atoms with van der Waals surface area (Å²) in [6, 6.07) is 0. The fourth-order valence-corrected chi connectivity index (χ4v) is 3.25. The molecule has 30 heavy (non-hydrogen) atoms. The van der Waals surface area contributed by atoms with Crippen molar-refractivity contribution < 1.29 is 16.9 Å². The molecule has 0 amide bonds. The van der Waals surface area contributed by atoms with Crippen LogP contribution in [0.2, 0.25) is 0 Å². The Labute approximate surface area is 260 Å². The first-order chi connectivity index (χ1) is 12.9. The minimum atomic E-state index is 0. The summed E-state index contributed by atoms with van der Waals surface area (Å²) >= 11 is 31.6. The summed E-state index contributed by atoms with van der Waals surface area (Å²) in [4.78, 5) is 2.10. The number of likely N-dealkylation sites (N-methyl/N-ethyl adjacent to an activating group) is 1. The molecule has 0 unspecified atom stereocenters. The van der Waals surface area contributed by atoms with E-state index < -0.39 is 0 Å². The normalized spacial score (nSPS) is 11.8. The zero-order valence-electron chi connectivity index (χ0n) is 18.4. The van der Waals surface area contributed by atoms with Crippen molar-refractivity contribution in [2.24, 2.45) is 5.92 Å². The Kier molecular flexibility index (Phi) is 72.6. The lowest BCUT2D eigenvalue weighted by molar-refractivity contribution is -0.774. The third-order valence-corrected chi connectivity index (χ3v) is 4.69. The molecule has 194 valence electrons. The van der Waals surface area contributed by atoms with Crippen molar-refractivity contribution in [1.29, 1.82) is 0 Å². The van der Waals surface area contributed by atoms with Crippen LogP contribution in [0.25, 0.3) is 0 Å². The van der Waals surface area contributed by atoms with E-state index in [0.717, 1.165) is 50.1 Å². The predicted octanol–water partition coefficient (Wildman–Crippen LogP) is 6.02. The van der Waals surface area contributed by atoms with Gasteiger partial charge in [0, 0.05) is 73.8 Å². The van der Waals surface area contributed by atoms with Crippen molar-refractivity contribution in [1.82, 2.24) is 4.90 Å². The molecule has 1 heterocycles. The van der Waals surface area contributed by atoms with Gasteiger partial charge in [0.05, 0.1) is 19.5 Å². The van der Waals surface area contributed by atoms with Gasteiger partial charge in [0.2, 0.25) is 0 Å². The molecular weight excluding hydrogens is 850 g/mol. The van der Waals surface area contributed by atoms with Gasteiger partial charge in [0.15, 0.2) is 0 Å². The molecule has 1 aliphatic rings. The molecule has 0 radical (unpaired) electrons. The Balaban J connectivity index is -0.0000000466. The number of nitrogens with zero attached hydrogens (tertiary/aromatic N) is 2. The van der Waals surface area contributed by atoms with Crippen LogP contribution < -0.4 is 12.4 Å². The molecule has 1 fully saturated rings. The second-order valence-electron chi connectivity index (χ2n) is 6.22. The van der Waals surface area contributed by atoms with Crippen molar-refractivity contribution >= 4 is 119 Å². The van der Waals surface area contributed by atoms with E-state index in [4.69, 9.17) is 58.0 Å². The largest absolute Gasteiger partial charge is 1.00 e. The first-order valence-corrected chi connectivity index (χ1v) is 18.3. The van der Waals surface area contributed by atoms with Gasteiger partial charge in [-0.15, -0.1) is 82.0 Å². The summed E-state index contributed by atoms with van der Waals surface area (Å²) in [5.74, 6) is 4.41. The van der Waals surface area contributed by atoms with Crippen LogP contribution in [0.4, 0.5) is 0 Å². The highest BCUT2D eigenvalue weighted by Crippen LogP contribution is 2.15. The number of halogens is 9. The highest BCUT2D eigenvalue weighted by Gasteiger charge is 2.35. The van der Waals surface area contributed by atoms with Gasteiger partial charge in [-0.3, -0.25) is 0 Å². The lowest BCUT2D eigenvalue weighted by atomic mass is 10.1. The molecule has 0 aromatic carbocycles. The average Bonchev–Trinajstić information content (AvgIpc) is 3.38. The zero-order valence-corrected chi connectivity index (χ0v) is 29.6. The molecule has 0 aliphatic carbocycles. The zero-order chi connectivity index (χ0) is 22.1. The molecule has 1 rings (SSSR count).